The van der Waals surface area contributed by atoms with Crippen LogP contribution < -0.4 is 0 Å². The zero-order valence-electron chi connectivity index (χ0n) is 7.12. The quantitative estimate of drug-likeness (QED) is 0.479. The van der Waals surface area contributed by atoms with E-state index in [0.717, 1.165) is 0 Å². The zero-order chi connectivity index (χ0) is 9.14. The Morgan fingerprint density at radius 1 is 1.33 bits per heavy atom. The normalized spacial score (nSPS) is 29.4. The summed E-state index contributed by atoms with van der Waals surface area (Å²) in [6, 6.07) is 0. The minimum atomic E-state index is -0.448. The molecule has 4 nitrogen and oxygen atoms in total. The molecule has 0 spiro atoms. The number of halogens is 1. The topological polar surface area (TPSA) is 38.8 Å². The van der Waals surface area contributed by atoms with Gasteiger partial charge in [-0.15, -0.1) is 0 Å². The Hall–Kier alpha value is -0.320. The second-order valence-corrected chi connectivity index (χ2v) is 3.03. The number of ether oxygens (including phenoxy) is 2. The van der Waals surface area contributed by atoms with Crippen molar-refractivity contribution in [3.05, 3.63) is 0 Å². The number of hydrogen-bond acceptors (Lipinski definition) is 3. The fraction of sp³-hybridized carbons (Fsp3) is 0.857. The Morgan fingerprint density at radius 3 is 2.00 bits per heavy atom. The van der Waals surface area contributed by atoms with Gasteiger partial charge in [0.15, 0.2) is 0 Å². The molecule has 1 aliphatic rings. The highest BCUT2D eigenvalue weighted by Crippen LogP contribution is 2.16. The Balaban J connectivity index is 2.53. The summed E-state index contributed by atoms with van der Waals surface area (Å²) in [5.41, 5.74) is 0. The van der Waals surface area contributed by atoms with Gasteiger partial charge in [-0.1, -0.05) is 0 Å². The molecule has 1 saturated heterocycles. The van der Waals surface area contributed by atoms with Gasteiger partial charge in [-0.3, -0.25) is 4.79 Å². The van der Waals surface area contributed by atoms with Crippen LogP contribution >= 0.6 is 11.6 Å². The average Bonchev–Trinajstić information content (AvgIpc) is 2.46. The van der Waals surface area contributed by atoms with Crippen LogP contribution in [0.5, 0.6) is 0 Å². The summed E-state index contributed by atoms with van der Waals surface area (Å²) in [5, 5.41) is -0.448. The predicted octanol–water partition coefficient (Wildman–Crippen LogP) is 0.691. The van der Waals surface area contributed by atoms with Crippen molar-refractivity contribution in [3.63, 3.8) is 0 Å². The van der Waals surface area contributed by atoms with Crippen LogP contribution in [0.2, 0.25) is 0 Å². The molecule has 1 fully saturated rings. The summed E-state index contributed by atoms with van der Waals surface area (Å²) in [6.07, 6.45) is -0.115. The van der Waals surface area contributed by atoms with E-state index in [1.807, 2.05) is 0 Å². The monoisotopic (exact) mass is 193 g/mol. The molecule has 0 radical (unpaired) electrons. The lowest BCUT2D eigenvalue weighted by Crippen LogP contribution is -2.27. The molecule has 0 aromatic carbocycles. The van der Waals surface area contributed by atoms with Crippen LogP contribution in [0.1, 0.15) is 0 Å². The fourth-order valence-corrected chi connectivity index (χ4v) is 1.48. The number of carbonyl (C=O) groups excluding carboxylic acids is 1. The first-order valence-corrected chi connectivity index (χ1v) is 4.06. The summed E-state index contributed by atoms with van der Waals surface area (Å²) in [5.74, 6) is 0. The number of amides is 1. The van der Waals surface area contributed by atoms with Gasteiger partial charge in [0, 0.05) is 14.2 Å². The molecule has 1 heterocycles. The predicted molar refractivity (Wildman–Crippen MR) is 44.4 cm³/mol. The van der Waals surface area contributed by atoms with Crippen molar-refractivity contribution < 1.29 is 14.3 Å². The molecule has 1 amide bonds. The molecule has 5 heteroatoms. The van der Waals surface area contributed by atoms with Gasteiger partial charge >= 0.3 is 5.37 Å². The van der Waals surface area contributed by atoms with E-state index >= 15 is 0 Å². The summed E-state index contributed by atoms with van der Waals surface area (Å²) in [4.78, 5) is 12.3. The third-order valence-corrected chi connectivity index (χ3v) is 2.31. The molecule has 0 saturated carbocycles. The minimum absolute atomic E-state index is 0.0577. The molecule has 12 heavy (non-hydrogen) atoms. The lowest BCUT2D eigenvalue weighted by Gasteiger charge is -2.13. The molecule has 0 N–H and O–H groups in total. The third-order valence-electron chi connectivity index (χ3n) is 2.07. The fourth-order valence-electron chi connectivity index (χ4n) is 1.34. The maximum Gasteiger partial charge on any atom is 0.316 e. The maximum absolute atomic E-state index is 10.7. The zero-order valence-corrected chi connectivity index (χ0v) is 7.87. The molecule has 1 rings (SSSR count). The van der Waals surface area contributed by atoms with E-state index in [-0.39, 0.29) is 12.2 Å². The van der Waals surface area contributed by atoms with Crippen LogP contribution in [-0.2, 0) is 9.47 Å². The first-order valence-electron chi connectivity index (χ1n) is 3.69. The van der Waals surface area contributed by atoms with E-state index in [4.69, 9.17) is 21.1 Å². The number of carbonyl (C=O) groups is 1. The van der Waals surface area contributed by atoms with Crippen LogP contribution in [-0.4, -0.2) is 49.8 Å². The van der Waals surface area contributed by atoms with E-state index in [0.29, 0.717) is 13.1 Å². The summed E-state index contributed by atoms with van der Waals surface area (Å²) < 4.78 is 10.2. The van der Waals surface area contributed by atoms with Crippen molar-refractivity contribution >= 4 is 17.0 Å². The van der Waals surface area contributed by atoms with E-state index in [9.17, 15) is 4.79 Å². The van der Waals surface area contributed by atoms with Crippen LogP contribution in [0.15, 0.2) is 0 Å². The molecule has 0 aromatic heterocycles. The summed E-state index contributed by atoms with van der Waals surface area (Å²) >= 11 is 5.30. The smallest absolute Gasteiger partial charge is 0.316 e. The van der Waals surface area contributed by atoms with Gasteiger partial charge in [-0.25, -0.2) is 0 Å². The Labute approximate surface area is 76.4 Å². The SMILES string of the molecule is COC1CN(C(=O)Cl)CC1OC. The summed E-state index contributed by atoms with van der Waals surface area (Å²) in [7, 11) is 3.19. The van der Waals surface area contributed by atoms with Crippen LogP contribution in [0.3, 0.4) is 0 Å². The van der Waals surface area contributed by atoms with E-state index in [2.05, 4.69) is 0 Å². The molecule has 0 aliphatic carbocycles. The molecule has 2 unspecified atom stereocenters. The molecular formula is C7H12ClNO3. The van der Waals surface area contributed by atoms with Crippen molar-refractivity contribution in [3.8, 4) is 0 Å². The molecule has 0 bridgehead atoms. The number of rotatable bonds is 2. The first kappa shape index (κ1) is 9.77. The van der Waals surface area contributed by atoms with Crippen molar-refractivity contribution in [1.29, 1.82) is 0 Å². The van der Waals surface area contributed by atoms with Crippen molar-refractivity contribution in [2.24, 2.45) is 0 Å². The maximum atomic E-state index is 10.7. The van der Waals surface area contributed by atoms with Gasteiger partial charge in [0.2, 0.25) is 0 Å². The third kappa shape index (κ3) is 1.88. The van der Waals surface area contributed by atoms with Gasteiger partial charge < -0.3 is 14.4 Å². The molecule has 70 valence electrons. The second-order valence-electron chi connectivity index (χ2n) is 2.71. The first-order chi connectivity index (χ1) is 5.69. The van der Waals surface area contributed by atoms with Gasteiger partial charge in [0.1, 0.15) is 12.2 Å². The number of hydrogen-bond donors (Lipinski definition) is 0. The largest absolute Gasteiger partial charge is 0.377 e. The Bertz CT molecular complexity index is 164. The molecule has 0 aromatic rings. The Morgan fingerprint density at radius 2 is 1.75 bits per heavy atom. The highest BCUT2D eigenvalue weighted by Gasteiger charge is 2.34. The highest BCUT2D eigenvalue weighted by molar-refractivity contribution is 6.62. The van der Waals surface area contributed by atoms with Crippen LogP contribution in [0, 0.1) is 0 Å². The second kappa shape index (κ2) is 4.07. The van der Waals surface area contributed by atoms with Gasteiger partial charge in [0.25, 0.3) is 0 Å². The Kier molecular flexibility index (Phi) is 3.31. The van der Waals surface area contributed by atoms with Crippen molar-refractivity contribution in [2.45, 2.75) is 12.2 Å². The molecule has 2 atom stereocenters. The van der Waals surface area contributed by atoms with E-state index in [1.54, 1.807) is 14.2 Å². The number of methoxy groups -OCH3 is 2. The lowest BCUT2D eigenvalue weighted by molar-refractivity contribution is -0.00461. The number of nitrogens with zero attached hydrogens (tertiary/aromatic N) is 1. The van der Waals surface area contributed by atoms with Crippen LogP contribution in [0.25, 0.3) is 0 Å². The minimum Gasteiger partial charge on any atom is -0.377 e. The highest BCUT2D eigenvalue weighted by atomic mass is 35.5. The molecular weight excluding hydrogens is 182 g/mol. The number of likely N-dealkylation sites (tertiary alicyclic amines) is 1. The van der Waals surface area contributed by atoms with Gasteiger partial charge in [0.05, 0.1) is 13.1 Å². The van der Waals surface area contributed by atoms with Gasteiger partial charge in [-0.2, -0.15) is 0 Å². The van der Waals surface area contributed by atoms with E-state index < -0.39 is 5.37 Å². The average molecular weight is 194 g/mol. The lowest BCUT2D eigenvalue weighted by atomic mass is 10.3. The summed E-state index contributed by atoms with van der Waals surface area (Å²) in [6.45, 7) is 1.02. The van der Waals surface area contributed by atoms with Crippen LogP contribution in [0.4, 0.5) is 4.79 Å². The molecule has 1 aliphatic heterocycles. The van der Waals surface area contributed by atoms with Gasteiger partial charge in [-0.05, 0) is 11.6 Å². The standard InChI is InChI=1S/C7H12ClNO3/c1-11-5-3-9(7(8)10)4-6(5)12-2/h5-6H,3-4H2,1-2H3. The van der Waals surface area contributed by atoms with Crippen molar-refractivity contribution in [2.75, 3.05) is 27.3 Å². The van der Waals surface area contributed by atoms with E-state index in [1.165, 1.54) is 4.90 Å². The van der Waals surface area contributed by atoms with Crippen molar-refractivity contribution in [1.82, 2.24) is 4.90 Å².